The molecule has 1 aromatic carbocycles. The Morgan fingerprint density at radius 2 is 2.12 bits per heavy atom. The third-order valence-corrected chi connectivity index (χ3v) is 2.84. The summed E-state index contributed by atoms with van der Waals surface area (Å²) in [7, 11) is 0. The Balaban J connectivity index is 2.02. The molecule has 1 amide bonds. The second-order valence-corrected chi connectivity index (χ2v) is 4.31. The van der Waals surface area contributed by atoms with Gasteiger partial charge in [-0.1, -0.05) is 11.6 Å². The van der Waals surface area contributed by atoms with Crippen LogP contribution < -0.4 is 4.74 Å². The number of rotatable bonds is 1. The number of morpholine rings is 1. The van der Waals surface area contributed by atoms with E-state index in [2.05, 4.69) is 0 Å². The monoisotopic (exact) mass is 255 g/mol. The first-order valence-electron chi connectivity index (χ1n) is 5.47. The number of hydrogen-bond acceptors (Lipinski definition) is 3. The second-order valence-electron chi connectivity index (χ2n) is 3.88. The molecule has 1 aliphatic heterocycles. The minimum Gasteiger partial charge on any atom is -0.410 e. The highest BCUT2D eigenvalue weighted by atomic mass is 35.5. The lowest BCUT2D eigenvalue weighted by atomic mass is 10.2. The van der Waals surface area contributed by atoms with Crippen molar-refractivity contribution in [3.05, 3.63) is 28.8 Å². The zero-order valence-electron chi connectivity index (χ0n) is 9.61. The van der Waals surface area contributed by atoms with Crippen molar-refractivity contribution in [2.75, 3.05) is 26.3 Å². The molecule has 0 radical (unpaired) electrons. The Hall–Kier alpha value is -1.26. The van der Waals surface area contributed by atoms with E-state index in [4.69, 9.17) is 21.1 Å². The van der Waals surface area contributed by atoms with Crippen molar-refractivity contribution < 1.29 is 14.3 Å². The molecule has 0 bridgehead atoms. The van der Waals surface area contributed by atoms with Gasteiger partial charge in [-0.25, -0.2) is 4.79 Å². The van der Waals surface area contributed by atoms with Crippen LogP contribution in [-0.2, 0) is 4.74 Å². The standard InChI is InChI=1S/C12H14ClNO3/c1-9-8-10(13)2-3-11(9)17-12(15)14-4-6-16-7-5-14/h2-3,8H,4-7H2,1H3. The van der Waals surface area contributed by atoms with Gasteiger partial charge in [-0.05, 0) is 30.7 Å². The Morgan fingerprint density at radius 1 is 1.41 bits per heavy atom. The molecule has 5 heteroatoms. The Kier molecular flexibility index (Phi) is 3.86. The summed E-state index contributed by atoms with van der Waals surface area (Å²) in [6.45, 7) is 4.13. The molecule has 1 fully saturated rings. The lowest BCUT2D eigenvalue weighted by Gasteiger charge is -2.26. The van der Waals surface area contributed by atoms with Crippen LogP contribution in [0.15, 0.2) is 18.2 Å². The predicted octanol–water partition coefficient (Wildman–Crippen LogP) is 2.48. The number of benzene rings is 1. The van der Waals surface area contributed by atoms with Gasteiger partial charge in [-0.15, -0.1) is 0 Å². The van der Waals surface area contributed by atoms with E-state index >= 15 is 0 Å². The Labute approximate surface area is 105 Å². The first-order chi connectivity index (χ1) is 8.16. The van der Waals surface area contributed by atoms with Crippen molar-refractivity contribution in [2.45, 2.75) is 6.92 Å². The highest BCUT2D eigenvalue weighted by Crippen LogP contribution is 2.22. The zero-order valence-corrected chi connectivity index (χ0v) is 10.4. The van der Waals surface area contributed by atoms with Crippen molar-refractivity contribution in [3.63, 3.8) is 0 Å². The summed E-state index contributed by atoms with van der Waals surface area (Å²) in [5.74, 6) is 0.547. The summed E-state index contributed by atoms with van der Waals surface area (Å²) in [5, 5.41) is 0.633. The number of amides is 1. The fraction of sp³-hybridized carbons (Fsp3) is 0.417. The van der Waals surface area contributed by atoms with E-state index in [1.54, 1.807) is 23.1 Å². The number of halogens is 1. The maximum atomic E-state index is 11.8. The van der Waals surface area contributed by atoms with Gasteiger partial charge in [0.05, 0.1) is 13.2 Å². The van der Waals surface area contributed by atoms with Gasteiger partial charge < -0.3 is 14.4 Å². The summed E-state index contributed by atoms with van der Waals surface area (Å²) >= 11 is 5.83. The average molecular weight is 256 g/mol. The summed E-state index contributed by atoms with van der Waals surface area (Å²) in [6.07, 6.45) is -0.335. The molecule has 92 valence electrons. The van der Waals surface area contributed by atoms with Crippen LogP contribution in [0, 0.1) is 6.92 Å². The van der Waals surface area contributed by atoms with Gasteiger partial charge in [0.1, 0.15) is 5.75 Å². The van der Waals surface area contributed by atoms with Gasteiger partial charge in [0.2, 0.25) is 0 Å². The molecule has 1 aromatic rings. The number of ether oxygens (including phenoxy) is 2. The summed E-state index contributed by atoms with van der Waals surface area (Å²) in [6, 6.07) is 5.18. The molecule has 0 aliphatic carbocycles. The molecule has 0 unspecified atom stereocenters. The molecule has 0 atom stereocenters. The summed E-state index contributed by atoms with van der Waals surface area (Å²) in [5.41, 5.74) is 0.846. The van der Waals surface area contributed by atoms with E-state index in [9.17, 15) is 4.79 Å². The highest BCUT2D eigenvalue weighted by Gasteiger charge is 2.19. The van der Waals surface area contributed by atoms with Gasteiger partial charge >= 0.3 is 6.09 Å². The van der Waals surface area contributed by atoms with Gasteiger partial charge in [0, 0.05) is 18.1 Å². The van der Waals surface area contributed by atoms with Crippen LogP contribution in [0.3, 0.4) is 0 Å². The molecule has 0 N–H and O–H groups in total. The molecule has 0 saturated carbocycles. The Morgan fingerprint density at radius 3 is 2.76 bits per heavy atom. The number of nitrogens with zero attached hydrogens (tertiary/aromatic N) is 1. The fourth-order valence-electron chi connectivity index (χ4n) is 1.63. The van der Waals surface area contributed by atoms with Crippen molar-refractivity contribution >= 4 is 17.7 Å². The zero-order chi connectivity index (χ0) is 12.3. The fourth-order valence-corrected chi connectivity index (χ4v) is 1.86. The molecule has 4 nitrogen and oxygen atoms in total. The van der Waals surface area contributed by atoms with Crippen LogP contribution in [0.4, 0.5) is 4.79 Å². The van der Waals surface area contributed by atoms with E-state index in [1.165, 1.54) is 0 Å². The third-order valence-electron chi connectivity index (χ3n) is 2.60. The molecule has 0 aromatic heterocycles. The minimum atomic E-state index is -0.335. The van der Waals surface area contributed by atoms with Crippen LogP contribution in [0.2, 0.25) is 5.02 Å². The quantitative estimate of drug-likeness (QED) is 0.774. The van der Waals surface area contributed by atoms with Crippen molar-refractivity contribution in [3.8, 4) is 5.75 Å². The maximum Gasteiger partial charge on any atom is 0.415 e. The van der Waals surface area contributed by atoms with E-state index in [0.29, 0.717) is 37.1 Å². The van der Waals surface area contributed by atoms with E-state index < -0.39 is 0 Å². The SMILES string of the molecule is Cc1cc(Cl)ccc1OC(=O)N1CCOCC1. The van der Waals surface area contributed by atoms with Crippen LogP contribution in [0.25, 0.3) is 0 Å². The Bertz CT molecular complexity index is 416. The van der Waals surface area contributed by atoms with Crippen LogP contribution in [0.1, 0.15) is 5.56 Å². The normalized spacial score (nSPS) is 15.8. The number of aryl methyl sites for hydroxylation is 1. The minimum absolute atomic E-state index is 0.335. The predicted molar refractivity (Wildman–Crippen MR) is 64.6 cm³/mol. The van der Waals surface area contributed by atoms with Crippen molar-refractivity contribution in [1.82, 2.24) is 4.90 Å². The summed E-state index contributed by atoms with van der Waals surface area (Å²) in [4.78, 5) is 13.5. The van der Waals surface area contributed by atoms with Crippen molar-refractivity contribution in [2.24, 2.45) is 0 Å². The number of carbonyl (C=O) groups excluding carboxylic acids is 1. The second kappa shape index (κ2) is 5.38. The lowest BCUT2D eigenvalue weighted by molar-refractivity contribution is 0.0415. The highest BCUT2D eigenvalue weighted by molar-refractivity contribution is 6.30. The topological polar surface area (TPSA) is 38.8 Å². The van der Waals surface area contributed by atoms with Crippen LogP contribution in [-0.4, -0.2) is 37.3 Å². The average Bonchev–Trinajstić information content (AvgIpc) is 2.34. The number of hydrogen-bond donors (Lipinski definition) is 0. The molecule has 1 heterocycles. The third kappa shape index (κ3) is 3.11. The molecule has 17 heavy (non-hydrogen) atoms. The van der Waals surface area contributed by atoms with E-state index in [-0.39, 0.29) is 6.09 Å². The first kappa shape index (κ1) is 12.2. The molecule has 0 spiro atoms. The van der Waals surface area contributed by atoms with E-state index in [1.807, 2.05) is 6.92 Å². The van der Waals surface area contributed by atoms with Crippen molar-refractivity contribution in [1.29, 1.82) is 0 Å². The van der Waals surface area contributed by atoms with Crippen LogP contribution >= 0.6 is 11.6 Å². The molecule has 1 saturated heterocycles. The molecule has 2 rings (SSSR count). The summed E-state index contributed by atoms with van der Waals surface area (Å²) < 4.78 is 10.5. The maximum absolute atomic E-state index is 11.8. The first-order valence-corrected chi connectivity index (χ1v) is 5.85. The molecule has 1 aliphatic rings. The smallest absolute Gasteiger partial charge is 0.410 e. The van der Waals surface area contributed by atoms with Gasteiger partial charge in [0.25, 0.3) is 0 Å². The van der Waals surface area contributed by atoms with Gasteiger partial charge in [-0.2, -0.15) is 0 Å². The van der Waals surface area contributed by atoms with Gasteiger partial charge in [0.15, 0.2) is 0 Å². The molecular formula is C12H14ClNO3. The lowest BCUT2D eigenvalue weighted by Crippen LogP contribution is -2.42. The molecular weight excluding hydrogens is 242 g/mol. The van der Waals surface area contributed by atoms with Crippen LogP contribution in [0.5, 0.6) is 5.75 Å². The van der Waals surface area contributed by atoms with Gasteiger partial charge in [-0.3, -0.25) is 0 Å². The largest absolute Gasteiger partial charge is 0.415 e. The number of carbonyl (C=O) groups is 1. The van der Waals surface area contributed by atoms with E-state index in [0.717, 1.165) is 5.56 Å².